The molecular weight excluding hydrogens is 392 g/mol. The number of nitrogens with one attached hydrogen (secondary N) is 3. The number of piperidine rings is 1. The van der Waals surface area contributed by atoms with Gasteiger partial charge in [-0.05, 0) is 68.5 Å². The standard InChI is InChI=1S/C24H30N4O3/c1-15-11-16(2)27-22(15)24(30)28-10-4-5-18(14-28)23(29)25-9-8-17-13-26-21-7-6-19(31-3)12-20(17)21/h6-7,11-13,18,26-27H,4-5,8-10,14H2,1-3H3,(H,25,29)/t18-/m0/s1. The van der Waals surface area contributed by atoms with Crippen LogP contribution in [0.1, 0.15) is 40.2 Å². The van der Waals surface area contributed by atoms with Crippen LogP contribution in [0, 0.1) is 19.8 Å². The second kappa shape index (κ2) is 8.88. The maximum absolute atomic E-state index is 12.9. The summed E-state index contributed by atoms with van der Waals surface area (Å²) in [4.78, 5) is 33.9. The molecule has 31 heavy (non-hydrogen) atoms. The molecule has 164 valence electrons. The molecule has 1 atom stereocenters. The Bertz CT molecular complexity index is 1100. The number of aromatic nitrogens is 2. The van der Waals surface area contributed by atoms with Crippen molar-refractivity contribution in [3.63, 3.8) is 0 Å². The number of rotatable bonds is 6. The molecule has 7 nitrogen and oxygen atoms in total. The zero-order valence-electron chi connectivity index (χ0n) is 18.4. The number of fused-ring (bicyclic) bond motifs is 1. The number of hydrogen-bond acceptors (Lipinski definition) is 3. The first-order chi connectivity index (χ1) is 15.0. The Morgan fingerprint density at radius 1 is 1.26 bits per heavy atom. The van der Waals surface area contributed by atoms with E-state index >= 15 is 0 Å². The van der Waals surface area contributed by atoms with Gasteiger partial charge in [0.1, 0.15) is 11.4 Å². The molecule has 3 N–H and O–H groups in total. The van der Waals surface area contributed by atoms with E-state index in [1.165, 1.54) is 0 Å². The van der Waals surface area contributed by atoms with Gasteiger partial charge in [0, 0.05) is 42.4 Å². The van der Waals surface area contributed by atoms with E-state index in [4.69, 9.17) is 4.74 Å². The summed E-state index contributed by atoms with van der Waals surface area (Å²) in [6.45, 7) is 5.59. The lowest BCUT2D eigenvalue weighted by molar-refractivity contribution is -0.126. The molecule has 1 aliphatic rings. The second-order valence-electron chi connectivity index (χ2n) is 8.37. The van der Waals surface area contributed by atoms with Gasteiger partial charge >= 0.3 is 0 Å². The van der Waals surface area contributed by atoms with Crippen LogP contribution in [0.4, 0.5) is 0 Å². The highest BCUT2D eigenvalue weighted by Gasteiger charge is 2.29. The highest BCUT2D eigenvalue weighted by Crippen LogP contribution is 2.24. The molecule has 2 aromatic heterocycles. The van der Waals surface area contributed by atoms with Crippen LogP contribution in [0.2, 0.25) is 0 Å². The number of ether oxygens (including phenoxy) is 1. The number of methoxy groups -OCH3 is 1. The van der Waals surface area contributed by atoms with Crippen LogP contribution >= 0.6 is 0 Å². The molecular formula is C24H30N4O3. The van der Waals surface area contributed by atoms with E-state index in [1.807, 2.05) is 44.3 Å². The van der Waals surface area contributed by atoms with Crippen molar-refractivity contribution < 1.29 is 14.3 Å². The van der Waals surface area contributed by atoms with Gasteiger partial charge in [0.15, 0.2) is 0 Å². The van der Waals surface area contributed by atoms with Crippen molar-refractivity contribution in [3.8, 4) is 5.75 Å². The Balaban J connectivity index is 1.33. The van der Waals surface area contributed by atoms with Crippen LogP contribution in [-0.4, -0.2) is 53.4 Å². The van der Waals surface area contributed by atoms with Gasteiger partial charge in [0.25, 0.3) is 5.91 Å². The van der Waals surface area contributed by atoms with Crippen LogP contribution < -0.4 is 10.1 Å². The fourth-order valence-electron chi connectivity index (χ4n) is 4.44. The summed E-state index contributed by atoms with van der Waals surface area (Å²) in [7, 11) is 1.66. The summed E-state index contributed by atoms with van der Waals surface area (Å²) >= 11 is 0. The smallest absolute Gasteiger partial charge is 0.270 e. The normalized spacial score (nSPS) is 16.5. The quantitative estimate of drug-likeness (QED) is 0.569. The van der Waals surface area contributed by atoms with E-state index in [-0.39, 0.29) is 17.7 Å². The lowest BCUT2D eigenvalue weighted by Crippen LogP contribution is -2.46. The zero-order valence-corrected chi connectivity index (χ0v) is 18.4. The highest BCUT2D eigenvalue weighted by atomic mass is 16.5. The molecule has 0 aliphatic carbocycles. The molecule has 3 aromatic rings. The van der Waals surface area contributed by atoms with Crippen LogP contribution in [-0.2, 0) is 11.2 Å². The van der Waals surface area contributed by atoms with E-state index in [0.717, 1.165) is 52.7 Å². The molecule has 4 rings (SSSR count). The Hall–Kier alpha value is -3.22. The number of likely N-dealkylation sites (tertiary alicyclic amines) is 1. The molecule has 2 amide bonds. The molecule has 1 fully saturated rings. The molecule has 0 spiro atoms. The zero-order chi connectivity index (χ0) is 22.0. The third kappa shape index (κ3) is 4.45. The maximum atomic E-state index is 12.9. The van der Waals surface area contributed by atoms with E-state index in [2.05, 4.69) is 15.3 Å². The third-order valence-corrected chi connectivity index (χ3v) is 6.11. The number of hydrogen-bond donors (Lipinski definition) is 3. The molecule has 0 radical (unpaired) electrons. The summed E-state index contributed by atoms with van der Waals surface area (Å²) in [5.74, 6) is 0.652. The largest absolute Gasteiger partial charge is 0.497 e. The number of benzene rings is 1. The summed E-state index contributed by atoms with van der Waals surface area (Å²) in [6, 6.07) is 7.91. The number of carbonyl (C=O) groups excluding carboxylic acids is 2. The van der Waals surface area contributed by atoms with Crippen LogP contribution in [0.15, 0.2) is 30.5 Å². The minimum Gasteiger partial charge on any atom is -0.497 e. The lowest BCUT2D eigenvalue weighted by Gasteiger charge is -2.32. The van der Waals surface area contributed by atoms with E-state index < -0.39 is 0 Å². The van der Waals surface area contributed by atoms with Crippen LogP contribution in [0.3, 0.4) is 0 Å². The van der Waals surface area contributed by atoms with Gasteiger partial charge in [-0.1, -0.05) is 0 Å². The Morgan fingerprint density at radius 2 is 2.10 bits per heavy atom. The first-order valence-electron chi connectivity index (χ1n) is 10.8. The number of carbonyl (C=O) groups is 2. The monoisotopic (exact) mass is 422 g/mol. The predicted octanol–water partition coefficient (Wildman–Crippen LogP) is 3.33. The van der Waals surface area contributed by atoms with Gasteiger partial charge in [0.2, 0.25) is 5.91 Å². The number of aryl methyl sites for hydroxylation is 2. The van der Waals surface area contributed by atoms with Gasteiger partial charge < -0.3 is 24.9 Å². The lowest BCUT2D eigenvalue weighted by atomic mass is 9.96. The average molecular weight is 423 g/mol. The number of nitrogens with zero attached hydrogens (tertiary/aromatic N) is 1. The molecule has 0 unspecified atom stereocenters. The minimum absolute atomic E-state index is 0.0177. The average Bonchev–Trinajstić information content (AvgIpc) is 3.34. The summed E-state index contributed by atoms with van der Waals surface area (Å²) in [5.41, 5.74) is 4.76. The van der Waals surface area contributed by atoms with Gasteiger partial charge in [-0.2, -0.15) is 0 Å². The fraction of sp³-hybridized carbons (Fsp3) is 0.417. The number of aromatic amines is 2. The highest BCUT2D eigenvalue weighted by molar-refractivity contribution is 5.94. The topological polar surface area (TPSA) is 90.2 Å². The van der Waals surface area contributed by atoms with Crippen molar-refractivity contribution in [2.24, 2.45) is 5.92 Å². The molecule has 3 heterocycles. The van der Waals surface area contributed by atoms with E-state index in [9.17, 15) is 9.59 Å². The first kappa shape index (κ1) is 21.0. The summed E-state index contributed by atoms with van der Waals surface area (Å²) in [6.07, 6.45) is 4.36. The molecule has 0 saturated carbocycles. The number of H-pyrrole nitrogens is 2. The van der Waals surface area contributed by atoms with Gasteiger partial charge in [-0.15, -0.1) is 0 Å². The minimum atomic E-state index is -0.169. The van der Waals surface area contributed by atoms with Crippen molar-refractivity contribution in [1.82, 2.24) is 20.2 Å². The van der Waals surface area contributed by atoms with Crippen LogP contribution in [0.5, 0.6) is 5.75 Å². The molecule has 1 aromatic carbocycles. The second-order valence-corrected chi connectivity index (χ2v) is 8.37. The molecule has 1 aliphatic heterocycles. The SMILES string of the molecule is COc1ccc2[nH]cc(CCNC(=O)[C@H]3CCCN(C(=O)c4[nH]c(C)cc4C)C3)c2c1. The molecule has 1 saturated heterocycles. The van der Waals surface area contributed by atoms with Gasteiger partial charge in [0.05, 0.1) is 13.0 Å². The van der Waals surface area contributed by atoms with Crippen molar-refractivity contribution in [2.45, 2.75) is 33.1 Å². The molecule has 0 bridgehead atoms. The van der Waals surface area contributed by atoms with E-state index in [1.54, 1.807) is 12.0 Å². The molecule has 7 heteroatoms. The maximum Gasteiger partial charge on any atom is 0.270 e. The predicted molar refractivity (Wildman–Crippen MR) is 120 cm³/mol. The van der Waals surface area contributed by atoms with Crippen molar-refractivity contribution in [3.05, 3.63) is 53.0 Å². The Kier molecular flexibility index (Phi) is 6.02. The van der Waals surface area contributed by atoms with Gasteiger partial charge in [-0.3, -0.25) is 9.59 Å². The fourth-order valence-corrected chi connectivity index (χ4v) is 4.44. The number of amides is 2. The van der Waals surface area contributed by atoms with Crippen molar-refractivity contribution in [2.75, 3.05) is 26.7 Å². The first-order valence-corrected chi connectivity index (χ1v) is 10.8. The van der Waals surface area contributed by atoms with Crippen molar-refractivity contribution in [1.29, 1.82) is 0 Å². The Labute approximate surface area is 182 Å². The van der Waals surface area contributed by atoms with Crippen molar-refractivity contribution >= 4 is 22.7 Å². The van der Waals surface area contributed by atoms with Gasteiger partial charge in [-0.25, -0.2) is 0 Å². The third-order valence-electron chi connectivity index (χ3n) is 6.11. The summed E-state index contributed by atoms with van der Waals surface area (Å²) < 4.78 is 5.32. The summed E-state index contributed by atoms with van der Waals surface area (Å²) in [5, 5.41) is 4.18. The van der Waals surface area contributed by atoms with E-state index in [0.29, 0.717) is 25.3 Å². The van der Waals surface area contributed by atoms with Crippen LogP contribution in [0.25, 0.3) is 10.9 Å². The Morgan fingerprint density at radius 3 is 2.84 bits per heavy atom.